The Hall–Kier alpha value is -3.60. The first-order chi connectivity index (χ1) is 16.1. The van der Waals surface area contributed by atoms with Gasteiger partial charge in [0.1, 0.15) is 5.82 Å². The molecule has 0 saturated carbocycles. The van der Waals surface area contributed by atoms with Crippen LogP contribution < -0.4 is 27.2 Å². The summed E-state index contributed by atoms with van der Waals surface area (Å²) in [6.07, 6.45) is 2.92. The van der Waals surface area contributed by atoms with Gasteiger partial charge in [0.2, 0.25) is 0 Å². The summed E-state index contributed by atoms with van der Waals surface area (Å²) in [5.41, 5.74) is 5.52. The molecule has 4 N–H and O–H groups in total. The molecule has 0 radical (unpaired) electrons. The highest BCUT2D eigenvalue weighted by Gasteiger charge is 2.28. The first-order valence-corrected chi connectivity index (χ1v) is 11.8. The highest BCUT2D eigenvalue weighted by Crippen LogP contribution is 2.30. The van der Waals surface area contributed by atoms with Crippen LogP contribution in [0.4, 0.5) is 16.5 Å². The van der Waals surface area contributed by atoms with Crippen LogP contribution in [0.25, 0.3) is 0 Å². The van der Waals surface area contributed by atoms with Gasteiger partial charge >= 0.3 is 5.69 Å². The van der Waals surface area contributed by atoms with Crippen LogP contribution in [-0.2, 0) is 6.54 Å². The van der Waals surface area contributed by atoms with E-state index in [1.54, 1.807) is 19.1 Å². The fraction of sp³-hybridized carbons (Fsp3) is 0.391. The Bertz CT molecular complexity index is 1290. The standard InChI is InChI=1S/C23H29N5O5S/c1-5-6-9-27-19(24)17(21(30)26-23(27)32)28(12-13(2)3)22(31)18-14(4)11-16(34-18)25-20(29)15-8-7-10-33-15/h7-8,10-11,13H,5-6,9,12,24H2,1-4H3,(H,25,29)(H,26,30,32). The van der Waals surface area contributed by atoms with Crippen molar-refractivity contribution in [2.45, 2.75) is 47.1 Å². The summed E-state index contributed by atoms with van der Waals surface area (Å²) >= 11 is 1.09. The zero-order chi connectivity index (χ0) is 25.0. The molecule has 3 heterocycles. The van der Waals surface area contributed by atoms with Crippen LogP contribution in [0.1, 0.15) is 59.4 Å². The minimum atomic E-state index is -0.718. The largest absolute Gasteiger partial charge is 0.459 e. The SMILES string of the molecule is CCCCn1c(N)c(N(CC(C)C)C(=O)c2sc(NC(=O)c3ccco3)cc2C)c(=O)[nH]c1=O. The number of furan rings is 1. The first-order valence-electron chi connectivity index (χ1n) is 11.0. The van der Waals surface area contributed by atoms with E-state index in [4.69, 9.17) is 10.2 Å². The van der Waals surface area contributed by atoms with Crippen LogP contribution >= 0.6 is 11.3 Å². The number of nitrogens with one attached hydrogen (secondary N) is 2. The van der Waals surface area contributed by atoms with E-state index in [0.717, 1.165) is 17.8 Å². The van der Waals surface area contributed by atoms with Crippen molar-refractivity contribution >= 4 is 39.7 Å². The number of hydrogen-bond donors (Lipinski definition) is 3. The van der Waals surface area contributed by atoms with E-state index < -0.39 is 23.1 Å². The Morgan fingerprint density at radius 1 is 1.32 bits per heavy atom. The highest BCUT2D eigenvalue weighted by atomic mass is 32.1. The summed E-state index contributed by atoms with van der Waals surface area (Å²) in [6.45, 7) is 8.08. The predicted octanol–water partition coefficient (Wildman–Crippen LogP) is 3.44. The molecule has 0 aliphatic rings. The lowest BCUT2D eigenvalue weighted by Crippen LogP contribution is -2.42. The number of hydrogen-bond acceptors (Lipinski definition) is 7. The zero-order valence-electron chi connectivity index (χ0n) is 19.6. The lowest BCUT2D eigenvalue weighted by molar-refractivity contribution is 0.0982. The smallest absolute Gasteiger partial charge is 0.330 e. The number of aromatic nitrogens is 2. The topological polar surface area (TPSA) is 143 Å². The van der Waals surface area contributed by atoms with Crippen molar-refractivity contribution in [2.24, 2.45) is 5.92 Å². The average molecular weight is 488 g/mol. The molecule has 0 aliphatic carbocycles. The number of rotatable bonds is 9. The molecule has 11 heteroatoms. The van der Waals surface area contributed by atoms with Gasteiger partial charge in [-0.1, -0.05) is 27.2 Å². The van der Waals surface area contributed by atoms with Crippen LogP contribution in [0, 0.1) is 12.8 Å². The molecule has 3 aromatic heterocycles. The van der Waals surface area contributed by atoms with Crippen molar-refractivity contribution in [1.29, 1.82) is 0 Å². The molecule has 0 bridgehead atoms. The quantitative estimate of drug-likeness (QED) is 0.422. The second-order valence-electron chi connectivity index (χ2n) is 8.36. The number of carbonyl (C=O) groups excluding carboxylic acids is 2. The average Bonchev–Trinajstić information content (AvgIpc) is 3.42. The highest BCUT2D eigenvalue weighted by molar-refractivity contribution is 7.18. The summed E-state index contributed by atoms with van der Waals surface area (Å²) in [5, 5.41) is 3.18. The molecule has 10 nitrogen and oxygen atoms in total. The maximum Gasteiger partial charge on any atom is 0.330 e. The van der Waals surface area contributed by atoms with Gasteiger partial charge in [0.25, 0.3) is 17.4 Å². The number of aromatic amines is 1. The summed E-state index contributed by atoms with van der Waals surface area (Å²) in [7, 11) is 0. The van der Waals surface area contributed by atoms with Gasteiger partial charge in [0, 0.05) is 13.1 Å². The number of anilines is 3. The predicted molar refractivity (Wildman–Crippen MR) is 133 cm³/mol. The third-order valence-electron chi connectivity index (χ3n) is 5.11. The number of thiophene rings is 1. The van der Waals surface area contributed by atoms with Gasteiger partial charge in [0.15, 0.2) is 11.4 Å². The molecular formula is C23H29N5O5S. The number of H-pyrrole nitrogens is 1. The third-order valence-corrected chi connectivity index (χ3v) is 6.25. The van der Waals surface area contributed by atoms with E-state index >= 15 is 0 Å². The van der Waals surface area contributed by atoms with E-state index in [2.05, 4.69) is 10.3 Å². The Morgan fingerprint density at radius 2 is 2.06 bits per heavy atom. The minimum absolute atomic E-state index is 0.0113. The maximum absolute atomic E-state index is 13.7. The van der Waals surface area contributed by atoms with Crippen LogP contribution in [0.5, 0.6) is 0 Å². The summed E-state index contributed by atoms with van der Waals surface area (Å²) in [5.74, 6) is -0.761. The lowest BCUT2D eigenvalue weighted by atomic mass is 10.1. The first kappa shape index (κ1) is 25.0. The normalized spacial score (nSPS) is 11.1. The molecule has 3 rings (SSSR count). The molecule has 0 aromatic carbocycles. The van der Waals surface area contributed by atoms with E-state index in [0.29, 0.717) is 28.4 Å². The summed E-state index contributed by atoms with van der Waals surface area (Å²) < 4.78 is 6.39. The van der Waals surface area contributed by atoms with Gasteiger partial charge in [-0.25, -0.2) is 4.79 Å². The molecule has 0 atom stereocenters. The number of amides is 2. The minimum Gasteiger partial charge on any atom is -0.459 e. The summed E-state index contributed by atoms with van der Waals surface area (Å²) in [6, 6.07) is 4.83. The molecule has 0 fully saturated rings. The van der Waals surface area contributed by atoms with E-state index in [1.807, 2.05) is 20.8 Å². The molecule has 182 valence electrons. The van der Waals surface area contributed by atoms with Gasteiger partial charge in [-0.3, -0.25) is 28.8 Å². The number of nitrogens with two attached hydrogens (primary N) is 1. The molecule has 2 amide bonds. The van der Waals surface area contributed by atoms with Gasteiger partial charge in [-0.15, -0.1) is 11.3 Å². The number of nitrogen functional groups attached to an aromatic ring is 1. The van der Waals surface area contributed by atoms with Crippen molar-refractivity contribution in [2.75, 3.05) is 22.5 Å². The Kier molecular flexibility index (Phi) is 7.77. The van der Waals surface area contributed by atoms with Gasteiger partial charge in [-0.05, 0) is 43.0 Å². The molecule has 0 saturated heterocycles. The zero-order valence-corrected chi connectivity index (χ0v) is 20.5. The van der Waals surface area contributed by atoms with Crippen LogP contribution in [0.3, 0.4) is 0 Å². The van der Waals surface area contributed by atoms with E-state index in [-0.39, 0.29) is 29.7 Å². The number of nitrogens with zero attached hydrogens (tertiary/aromatic N) is 2. The Morgan fingerprint density at radius 3 is 2.68 bits per heavy atom. The second kappa shape index (κ2) is 10.6. The maximum atomic E-state index is 13.7. The van der Waals surface area contributed by atoms with Crippen molar-refractivity contribution in [1.82, 2.24) is 9.55 Å². The van der Waals surface area contributed by atoms with Crippen LogP contribution in [0.2, 0.25) is 0 Å². The van der Waals surface area contributed by atoms with Crippen LogP contribution in [-0.4, -0.2) is 27.9 Å². The van der Waals surface area contributed by atoms with Crippen LogP contribution in [0.15, 0.2) is 38.5 Å². The summed E-state index contributed by atoms with van der Waals surface area (Å²) in [4.78, 5) is 55.1. The lowest BCUT2D eigenvalue weighted by Gasteiger charge is -2.26. The number of unbranched alkanes of at least 4 members (excludes halogenated alkanes) is 1. The molecule has 0 spiro atoms. The van der Waals surface area contributed by atoms with Crippen molar-refractivity contribution in [3.63, 3.8) is 0 Å². The molecule has 3 aromatic rings. The fourth-order valence-corrected chi connectivity index (χ4v) is 4.49. The van der Waals surface area contributed by atoms with Crippen molar-refractivity contribution < 1.29 is 14.0 Å². The fourth-order valence-electron chi connectivity index (χ4n) is 3.48. The third kappa shape index (κ3) is 5.30. The number of carbonyl (C=O) groups is 2. The van der Waals surface area contributed by atoms with Gasteiger partial charge < -0.3 is 15.5 Å². The van der Waals surface area contributed by atoms with Gasteiger partial charge in [0.05, 0.1) is 16.1 Å². The molecule has 0 unspecified atom stereocenters. The van der Waals surface area contributed by atoms with Crippen molar-refractivity contribution in [3.8, 4) is 0 Å². The molecular weight excluding hydrogens is 458 g/mol. The van der Waals surface area contributed by atoms with E-state index in [1.165, 1.54) is 21.8 Å². The Labute approximate surface area is 200 Å². The second-order valence-corrected chi connectivity index (χ2v) is 9.41. The van der Waals surface area contributed by atoms with Gasteiger partial charge in [-0.2, -0.15) is 0 Å². The van der Waals surface area contributed by atoms with E-state index in [9.17, 15) is 19.2 Å². The Balaban J connectivity index is 2.01. The molecule has 0 aliphatic heterocycles. The molecule has 34 heavy (non-hydrogen) atoms. The number of aryl methyl sites for hydroxylation is 1. The monoisotopic (exact) mass is 487 g/mol. The van der Waals surface area contributed by atoms with Crippen molar-refractivity contribution in [3.05, 3.63) is 61.5 Å².